The van der Waals surface area contributed by atoms with Gasteiger partial charge in [0, 0.05) is 42.7 Å². The molecule has 1 saturated heterocycles. The molecule has 0 aliphatic carbocycles. The number of aliphatic imine (C=N–C) groups is 1. The predicted octanol–water partition coefficient (Wildman–Crippen LogP) is 2.81. The Morgan fingerprint density at radius 2 is 2.17 bits per heavy atom. The van der Waals surface area contributed by atoms with Crippen molar-refractivity contribution in [2.24, 2.45) is 10.7 Å². The number of rotatable bonds is 5. The fourth-order valence-corrected chi connectivity index (χ4v) is 2.55. The van der Waals surface area contributed by atoms with Gasteiger partial charge in [-0.3, -0.25) is 9.98 Å². The van der Waals surface area contributed by atoms with Crippen LogP contribution in [0.4, 0.5) is 0 Å². The molecule has 1 aliphatic heterocycles. The first-order chi connectivity index (χ1) is 11.8. The summed E-state index contributed by atoms with van der Waals surface area (Å²) >= 11 is 5.93. The summed E-state index contributed by atoms with van der Waals surface area (Å²) in [5.74, 6) is 0. The second-order valence-corrected chi connectivity index (χ2v) is 5.75. The van der Waals surface area contributed by atoms with Crippen LogP contribution in [0.25, 0.3) is 16.6 Å². The molecule has 0 atom stereocenters. The van der Waals surface area contributed by atoms with Crippen molar-refractivity contribution in [2.45, 2.75) is 19.1 Å². The van der Waals surface area contributed by atoms with Gasteiger partial charge in [-0.15, -0.1) is 0 Å². The van der Waals surface area contributed by atoms with Crippen LogP contribution in [0.5, 0.6) is 0 Å². The molecular weight excluding hydrogens is 328 g/mol. The highest BCUT2D eigenvalue weighted by atomic mass is 35.5. The molecule has 0 amide bonds. The van der Waals surface area contributed by atoms with Gasteiger partial charge in [-0.25, -0.2) is 4.98 Å². The maximum absolute atomic E-state index is 5.93. The number of aromatic nitrogens is 2. The van der Waals surface area contributed by atoms with Crippen LogP contribution in [-0.2, 0) is 9.47 Å². The van der Waals surface area contributed by atoms with Gasteiger partial charge in [0.2, 0.25) is 0 Å². The largest absolute Gasteiger partial charge is 0.404 e. The maximum atomic E-state index is 5.93. The van der Waals surface area contributed by atoms with Crippen molar-refractivity contribution in [3.05, 3.63) is 41.3 Å². The molecule has 0 saturated carbocycles. The minimum Gasteiger partial charge on any atom is -0.404 e. The maximum Gasteiger partial charge on any atom is 0.159 e. The minimum atomic E-state index is -0.158. The van der Waals surface area contributed by atoms with E-state index in [0.29, 0.717) is 11.7 Å². The number of hydrogen-bond donors (Lipinski definition) is 1. The lowest BCUT2D eigenvalue weighted by Gasteiger charge is -2.22. The molecular formula is C17H19ClN4O2. The summed E-state index contributed by atoms with van der Waals surface area (Å²) in [6.45, 7) is 2.11. The smallest absolute Gasteiger partial charge is 0.159 e. The Bertz CT molecular complexity index is 757. The van der Waals surface area contributed by atoms with E-state index >= 15 is 0 Å². The van der Waals surface area contributed by atoms with Crippen molar-refractivity contribution in [3.8, 4) is 0 Å². The highest BCUT2D eigenvalue weighted by Gasteiger charge is 2.12. The van der Waals surface area contributed by atoms with Crippen molar-refractivity contribution in [3.63, 3.8) is 0 Å². The lowest BCUT2D eigenvalue weighted by Crippen LogP contribution is -2.25. The van der Waals surface area contributed by atoms with Crippen molar-refractivity contribution < 1.29 is 9.47 Å². The average molecular weight is 347 g/mol. The third-order valence-electron chi connectivity index (χ3n) is 3.64. The van der Waals surface area contributed by atoms with E-state index in [9.17, 15) is 0 Å². The summed E-state index contributed by atoms with van der Waals surface area (Å²) in [6.07, 6.45) is 6.50. The first-order valence-electron chi connectivity index (χ1n) is 7.84. The van der Waals surface area contributed by atoms with Gasteiger partial charge < -0.3 is 15.2 Å². The van der Waals surface area contributed by atoms with Gasteiger partial charge in [0.25, 0.3) is 0 Å². The number of nitrogens with two attached hydrogens (primary N) is 1. The Morgan fingerprint density at radius 1 is 1.33 bits per heavy atom. The molecule has 7 heteroatoms. The zero-order chi connectivity index (χ0) is 16.8. The van der Waals surface area contributed by atoms with Crippen LogP contribution in [0.15, 0.2) is 35.6 Å². The van der Waals surface area contributed by atoms with E-state index in [2.05, 4.69) is 15.0 Å². The Labute approximate surface area is 145 Å². The standard InChI is InChI=1S/C17H19ClN4O2/c18-16-3-2-14-15(22-16)8-12(11-21-14)13(9-19)10-20-5-4-17-23-6-1-7-24-17/h2-3,8-11,17H,1,4-7,19H2. The average Bonchev–Trinajstić information content (AvgIpc) is 2.62. The van der Waals surface area contributed by atoms with Crippen molar-refractivity contribution in [1.82, 2.24) is 9.97 Å². The number of nitrogens with zero attached hydrogens (tertiary/aromatic N) is 3. The zero-order valence-corrected chi connectivity index (χ0v) is 13.9. The highest BCUT2D eigenvalue weighted by Crippen LogP contribution is 2.18. The summed E-state index contributed by atoms with van der Waals surface area (Å²) in [6, 6.07) is 5.44. The van der Waals surface area contributed by atoms with E-state index in [1.54, 1.807) is 18.5 Å². The van der Waals surface area contributed by atoms with E-state index < -0.39 is 0 Å². The molecule has 2 aromatic rings. The molecule has 1 aliphatic rings. The number of halogens is 1. The predicted molar refractivity (Wildman–Crippen MR) is 95.0 cm³/mol. The molecule has 1 fully saturated rings. The molecule has 2 aromatic heterocycles. The van der Waals surface area contributed by atoms with Crippen LogP contribution in [0.1, 0.15) is 18.4 Å². The van der Waals surface area contributed by atoms with Crippen molar-refractivity contribution in [2.75, 3.05) is 19.8 Å². The Balaban J connectivity index is 1.66. The zero-order valence-electron chi connectivity index (χ0n) is 13.2. The van der Waals surface area contributed by atoms with Crippen molar-refractivity contribution in [1.29, 1.82) is 0 Å². The van der Waals surface area contributed by atoms with Crippen LogP contribution in [0.3, 0.4) is 0 Å². The monoisotopic (exact) mass is 346 g/mol. The van der Waals surface area contributed by atoms with Gasteiger partial charge in [-0.2, -0.15) is 0 Å². The molecule has 3 heterocycles. The van der Waals surface area contributed by atoms with Gasteiger partial charge in [-0.05, 0) is 24.6 Å². The van der Waals surface area contributed by atoms with Crippen LogP contribution in [-0.4, -0.2) is 42.2 Å². The summed E-state index contributed by atoms with van der Waals surface area (Å²) < 4.78 is 11.0. The first-order valence-corrected chi connectivity index (χ1v) is 8.21. The third kappa shape index (κ3) is 4.29. The Morgan fingerprint density at radius 3 is 2.96 bits per heavy atom. The second-order valence-electron chi connectivity index (χ2n) is 5.37. The molecule has 0 aromatic carbocycles. The number of ether oxygens (including phenoxy) is 2. The highest BCUT2D eigenvalue weighted by molar-refractivity contribution is 6.29. The summed E-state index contributed by atoms with van der Waals surface area (Å²) in [5, 5.41) is 0.431. The number of hydrogen-bond acceptors (Lipinski definition) is 6. The normalized spacial score (nSPS) is 17.0. The Kier molecular flexibility index (Phi) is 5.74. The third-order valence-corrected chi connectivity index (χ3v) is 3.85. The first kappa shape index (κ1) is 16.8. The van der Waals surface area contributed by atoms with Gasteiger partial charge in [0.15, 0.2) is 6.29 Å². The van der Waals surface area contributed by atoms with Crippen molar-refractivity contribution >= 4 is 34.4 Å². The van der Waals surface area contributed by atoms with Gasteiger partial charge in [-0.1, -0.05) is 11.6 Å². The second kappa shape index (κ2) is 8.19. The molecule has 126 valence electrons. The molecule has 0 radical (unpaired) electrons. The summed E-state index contributed by atoms with van der Waals surface area (Å²) in [5.41, 5.74) is 8.84. The fraction of sp³-hybridized carbons (Fsp3) is 0.353. The lowest BCUT2D eigenvalue weighted by atomic mass is 10.1. The van der Waals surface area contributed by atoms with E-state index in [4.69, 9.17) is 26.8 Å². The quantitative estimate of drug-likeness (QED) is 0.665. The van der Waals surface area contributed by atoms with Gasteiger partial charge >= 0.3 is 0 Å². The van der Waals surface area contributed by atoms with Gasteiger partial charge in [0.05, 0.1) is 24.2 Å². The van der Waals surface area contributed by atoms with E-state index in [0.717, 1.165) is 48.2 Å². The number of fused-ring (bicyclic) bond motifs is 1. The lowest BCUT2D eigenvalue weighted by molar-refractivity contribution is -0.179. The van der Waals surface area contributed by atoms with E-state index in [-0.39, 0.29) is 6.29 Å². The number of allylic oxidation sites excluding steroid dienone is 1. The van der Waals surface area contributed by atoms with E-state index in [1.165, 1.54) is 6.20 Å². The number of pyridine rings is 2. The van der Waals surface area contributed by atoms with Crippen LogP contribution in [0.2, 0.25) is 5.15 Å². The molecule has 0 bridgehead atoms. The Hall–Kier alpha value is -2.02. The van der Waals surface area contributed by atoms with E-state index in [1.807, 2.05) is 12.1 Å². The molecule has 0 unspecified atom stereocenters. The molecule has 3 rings (SSSR count). The topological polar surface area (TPSA) is 82.6 Å². The molecule has 24 heavy (non-hydrogen) atoms. The van der Waals surface area contributed by atoms with Gasteiger partial charge in [0.1, 0.15) is 5.15 Å². The molecule has 6 nitrogen and oxygen atoms in total. The molecule has 0 spiro atoms. The SMILES string of the molecule is NC=C(C=NCCC1OCCCO1)c1cnc2ccc(Cl)nc2c1. The molecule has 2 N–H and O–H groups in total. The summed E-state index contributed by atoms with van der Waals surface area (Å²) in [4.78, 5) is 13.0. The minimum absolute atomic E-state index is 0.158. The fourth-order valence-electron chi connectivity index (χ4n) is 2.40. The van der Waals surface area contributed by atoms with Crippen LogP contribution < -0.4 is 5.73 Å². The summed E-state index contributed by atoms with van der Waals surface area (Å²) in [7, 11) is 0. The van der Waals surface area contributed by atoms with Crippen LogP contribution in [0, 0.1) is 0 Å². The van der Waals surface area contributed by atoms with Crippen LogP contribution >= 0.6 is 11.6 Å².